The molecule has 0 spiro atoms. The molecule has 1 aliphatic heterocycles. The Morgan fingerprint density at radius 1 is 1.42 bits per heavy atom. The van der Waals surface area contributed by atoms with E-state index in [1.165, 1.54) is 24.0 Å². The molecular formula is C16H24N2O. The summed E-state index contributed by atoms with van der Waals surface area (Å²) in [4.78, 5) is 0. The molecule has 1 aliphatic carbocycles. The lowest BCUT2D eigenvalue weighted by atomic mass is 9.91. The maximum atomic E-state index is 5.72. The lowest BCUT2D eigenvalue weighted by Crippen LogP contribution is -2.41. The van der Waals surface area contributed by atoms with Gasteiger partial charge in [0.25, 0.3) is 0 Å². The molecule has 3 rings (SSSR count). The minimum Gasteiger partial charge on any atom is -0.493 e. The van der Waals surface area contributed by atoms with Gasteiger partial charge in [0.1, 0.15) is 5.75 Å². The SMILES string of the molecule is CC(C1CC1)C(CCc1ccc2c(c1)CCO2)NN. The first-order valence-electron chi connectivity index (χ1n) is 7.48. The fraction of sp³-hybridized carbons (Fsp3) is 0.625. The summed E-state index contributed by atoms with van der Waals surface area (Å²) in [5.41, 5.74) is 5.80. The molecule has 3 N–H and O–H groups in total. The van der Waals surface area contributed by atoms with Gasteiger partial charge in [0.05, 0.1) is 6.61 Å². The smallest absolute Gasteiger partial charge is 0.122 e. The monoisotopic (exact) mass is 260 g/mol. The molecule has 0 radical (unpaired) electrons. The van der Waals surface area contributed by atoms with Crippen molar-refractivity contribution in [2.24, 2.45) is 17.7 Å². The number of aryl methyl sites for hydroxylation is 1. The molecule has 3 heteroatoms. The van der Waals surface area contributed by atoms with Crippen molar-refractivity contribution in [1.82, 2.24) is 5.43 Å². The summed E-state index contributed by atoms with van der Waals surface area (Å²) in [7, 11) is 0. The normalized spacial score (nSPS) is 20.7. The quantitative estimate of drug-likeness (QED) is 0.610. The molecule has 3 nitrogen and oxygen atoms in total. The first-order chi connectivity index (χ1) is 9.28. The van der Waals surface area contributed by atoms with Crippen LogP contribution in [0.2, 0.25) is 0 Å². The Kier molecular flexibility index (Phi) is 3.76. The highest BCUT2D eigenvalue weighted by molar-refractivity contribution is 5.39. The van der Waals surface area contributed by atoms with E-state index < -0.39 is 0 Å². The Hall–Kier alpha value is -1.06. The van der Waals surface area contributed by atoms with E-state index in [1.807, 2.05) is 0 Å². The van der Waals surface area contributed by atoms with Crippen molar-refractivity contribution in [3.8, 4) is 5.75 Å². The van der Waals surface area contributed by atoms with Crippen LogP contribution < -0.4 is 16.0 Å². The average molecular weight is 260 g/mol. The second-order valence-corrected chi connectivity index (χ2v) is 6.05. The number of fused-ring (bicyclic) bond motifs is 1. The van der Waals surface area contributed by atoms with Crippen molar-refractivity contribution in [3.05, 3.63) is 29.3 Å². The summed E-state index contributed by atoms with van der Waals surface area (Å²) in [5.74, 6) is 8.39. The van der Waals surface area contributed by atoms with Crippen LogP contribution in [0.3, 0.4) is 0 Å². The van der Waals surface area contributed by atoms with Crippen LogP contribution in [0.1, 0.15) is 37.3 Å². The fourth-order valence-electron chi connectivity index (χ4n) is 3.17. The average Bonchev–Trinajstić information content (AvgIpc) is 3.17. The van der Waals surface area contributed by atoms with Crippen LogP contribution in [0.25, 0.3) is 0 Å². The summed E-state index contributed by atoms with van der Waals surface area (Å²) < 4.78 is 5.55. The van der Waals surface area contributed by atoms with Crippen LogP contribution in [-0.4, -0.2) is 12.6 Å². The van der Waals surface area contributed by atoms with Gasteiger partial charge in [-0.15, -0.1) is 0 Å². The number of hydrazine groups is 1. The molecule has 104 valence electrons. The lowest BCUT2D eigenvalue weighted by Gasteiger charge is -2.23. The van der Waals surface area contributed by atoms with E-state index >= 15 is 0 Å². The highest BCUT2D eigenvalue weighted by Gasteiger charge is 2.32. The molecule has 1 heterocycles. The number of nitrogens with one attached hydrogen (secondary N) is 1. The molecule has 2 unspecified atom stereocenters. The third-order valence-electron chi connectivity index (χ3n) is 4.71. The van der Waals surface area contributed by atoms with Gasteiger partial charge in [-0.3, -0.25) is 11.3 Å². The first-order valence-corrected chi connectivity index (χ1v) is 7.48. The van der Waals surface area contributed by atoms with Crippen LogP contribution in [-0.2, 0) is 12.8 Å². The van der Waals surface area contributed by atoms with Crippen molar-refractivity contribution >= 4 is 0 Å². The van der Waals surface area contributed by atoms with Crippen molar-refractivity contribution in [2.45, 2.75) is 45.1 Å². The molecule has 0 bridgehead atoms. The molecule has 0 amide bonds. The fourth-order valence-corrected chi connectivity index (χ4v) is 3.17. The van der Waals surface area contributed by atoms with E-state index in [0.29, 0.717) is 12.0 Å². The zero-order chi connectivity index (χ0) is 13.2. The standard InChI is InChI=1S/C16H24N2O/c1-11(13-4-5-13)15(18-17)6-2-12-3-7-16-14(10-12)8-9-19-16/h3,7,10-11,13,15,18H,2,4-6,8-9,17H2,1H3. The predicted molar refractivity (Wildman–Crippen MR) is 77.0 cm³/mol. The van der Waals surface area contributed by atoms with Crippen LogP contribution in [0.5, 0.6) is 5.75 Å². The zero-order valence-corrected chi connectivity index (χ0v) is 11.7. The van der Waals surface area contributed by atoms with E-state index in [0.717, 1.165) is 37.5 Å². The summed E-state index contributed by atoms with van der Waals surface area (Å²) in [5, 5.41) is 0. The minimum absolute atomic E-state index is 0.442. The van der Waals surface area contributed by atoms with Crippen LogP contribution >= 0.6 is 0 Å². The van der Waals surface area contributed by atoms with Crippen LogP contribution in [0.15, 0.2) is 18.2 Å². The minimum atomic E-state index is 0.442. The second-order valence-electron chi connectivity index (χ2n) is 6.05. The van der Waals surface area contributed by atoms with Crippen LogP contribution in [0, 0.1) is 11.8 Å². The van der Waals surface area contributed by atoms with Gasteiger partial charge in [0, 0.05) is 12.5 Å². The Labute approximate surface area is 115 Å². The van der Waals surface area contributed by atoms with Crippen molar-refractivity contribution in [3.63, 3.8) is 0 Å². The maximum Gasteiger partial charge on any atom is 0.122 e. The van der Waals surface area contributed by atoms with Gasteiger partial charge in [-0.1, -0.05) is 19.1 Å². The number of nitrogens with two attached hydrogens (primary N) is 1. The Bertz CT molecular complexity index is 442. The highest BCUT2D eigenvalue weighted by atomic mass is 16.5. The Morgan fingerprint density at radius 3 is 3.00 bits per heavy atom. The number of benzene rings is 1. The van der Waals surface area contributed by atoms with Gasteiger partial charge in [-0.05, 0) is 54.7 Å². The van der Waals surface area contributed by atoms with Crippen molar-refractivity contribution in [1.29, 1.82) is 0 Å². The zero-order valence-electron chi connectivity index (χ0n) is 11.7. The van der Waals surface area contributed by atoms with E-state index in [4.69, 9.17) is 10.6 Å². The summed E-state index contributed by atoms with van der Waals surface area (Å²) in [6, 6.07) is 7.06. The predicted octanol–water partition coefficient (Wildman–Crippen LogP) is 2.43. The van der Waals surface area contributed by atoms with Gasteiger partial charge < -0.3 is 4.74 Å². The number of ether oxygens (including phenoxy) is 1. The topological polar surface area (TPSA) is 47.3 Å². The molecule has 2 aliphatic rings. The third-order valence-corrected chi connectivity index (χ3v) is 4.71. The molecule has 1 aromatic rings. The van der Waals surface area contributed by atoms with Crippen molar-refractivity contribution < 1.29 is 4.74 Å². The number of hydrogen-bond acceptors (Lipinski definition) is 3. The van der Waals surface area contributed by atoms with Gasteiger partial charge in [-0.25, -0.2) is 0 Å². The second kappa shape index (κ2) is 5.51. The van der Waals surface area contributed by atoms with E-state index in [1.54, 1.807) is 0 Å². The van der Waals surface area contributed by atoms with Crippen molar-refractivity contribution in [2.75, 3.05) is 6.61 Å². The molecule has 0 aromatic heterocycles. The van der Waals surface area contributed by atoms with E-state index in [2.05, 4.69) is 30.5 Å². The highest BCUT2D eigenvalue weighted by Crippen LogP contribution is 2.39. The van der Waals surface area contributed by atoms with Gasteiger partial charge in [-0.2, -0.15) is 0 Å². The Morgan fingerprint density at radius 2 is 2.26 bits per heavy atom. The molecule has 2 atom stereocenters. The molecule has 19 heavy (non-hydrogen) atoms. The molecule has 1 saturated carbocycles. The summed E-state index contributed by atoms with van der Waals surface area (Å²) in [6.45, 7) is 3.17. The Balaban J connectivity index is 1.58. The number of hydrogen-bond donors (Lipinski definition) is 2. The van der Waals surface area contributed by atoms with Crippen LogP contribution in [0.4, 0.5) is 0 Å². The number of rotatable bonds is 6. The van der Waals surface area contributed by atoms with Gasteiger partial charge in [0.2, 0.25) is 0 Å². The molecule has 0 saturated heterocycles. The summed E-state index contributed by atoms with van der Waals surface area (Å²) in [6.07, 6.45) is 6.04. The van der Waals surface area contributed by atoms with E-state index in [-0.39, 0.29) is 0 Å². The lowest BCUT2D eigenvalue weighted by molar-refractivity contribution is 0.328. The molecule has 1 aromatic carbocycles. The van der Waals surface area contributed by atoms with Gasteiger partial charge in [0.15, 0.2) is 0 Å². The van der Waals surface area contributed by atoms with E-state index in [9.17, 15) is 0 Å². The first kappa shape index (κ1) is 12.9. The maximum absolute atomic E-state index is 5.72. The molecular weight excluding hydrogens is 236 g/mol. The summed E-state index contributed by atoms with van der Waals surface area (Å²) >= 11 is 0. The third kappa shape index (κ3) is 2.93. The largest absolute Gasteiger partial charge is 0.493 e. The molecule has 1 fully saturated rings. The van der Waals surface area contributed by atoms with Gasteiger partial charge >= 0.3 is 0 Å².